The van der Waals surface area contributed by atoms with E-state index in [1.807, 2.05) is 6.07 Å². The van der Waals surface area contributed by atoms with E-state index in [2.05, 4.69) is 33.0 Å². The van der Waals surface area contributed by atoms with E-state index in [9.17, 15) is 0 Å². The predicted molar refractivity (Wildman–Crippen MR) is 88.0 cm³/mol. The van der Waals surface area contributed by atoms with Crippen LogP contribution in [0.2, 0.25) is 10.0 Å². The molecule has 0 atom stereocenters. The van der Waals surface area contributed by atoms with E-state index in [0.717, 1.165) is 24.2 Å². The molecule has 114 valence electrons. The lowest BCUT2D eigenvalue weighted by Gasteiger charge is -2.18. The third kappa shape index (κ3) is 5.51. The van der Waals surface area contributed by atoms with Crippen molar-refractivity contribution in [1.82, 2.24) is 5.32 Å². The molecule has 2 nitrogen and oxygen atoms in total. The lowest BCUT2D eigenvalue weighted by atomic mass is 10.1. The second-order valence-corrected chi connectivity index (χ2v) is 6.25. The van der Waals surface area contributed by atoms with Crippen molar-refractivity contribution in [2.75, 3.05) is 6.61 Å². The summed E-state index contributed by atoms with van der Waals surface area (Å²) in [6.45, 7) is 9.98. The molecule has 20 heavy (non-hydrogen) atoms. The summed E-state index contributed by atoms with van der Waals surface area (Å²) >= 11 is 12.4. The largest absolute Gasteiger partial charge is 0.491 e. The fourth-order valence-electron chi connectivity index (χ4n) is 1.95. The fraction of sp³-hybridized carbons (Fsp3) is 0.625. The molecule has 0 saturated carbocycles. The van der Waals surface area contributed by atoms with Crippen LogP contribution in [-0.2, 0) is 6.54 Å². The van der Waals surface area contributed by atoms with Gasteiger partial charge >= 0.3 is 0 Å². The van der Waals surface area contributed by atoms with Crippen molar-refractivity contribution >= 4 is 23.2 Å². The summed E-state index contributed by atoms with van der Waals surface area (Å²) < 4.78 is 5.97. The van der Waals surface area contributed by atoms with Gasteiger partial charge in [0.25, 0.3) is 0 Å². The van der Waals surface area contributed by atoms with Gasteiger partial charge in [-0.05, 0) is 18.1 Å². The second-order valence-electron chi connectivity index (χ2n) is 5.40. The Morgan fingerprint density at radius 1 is 1.15 bits per heavy atom. The van der Waals surface area contributed by atoms with E-state index >= 15 is 0 Å². The maximum atomic E-state index is 6.28. The molecule has 0 fully saturated rings. The first kappa shape index (κ1) is 17.6. The Kier molecular flexibility index (Phi) is 7.71. The Morgan fingerprint density at radius 3 is 2.35 bits per heavy atom. The second kappa shape index (κ2) is 8.76. The van der Waals surface area contributed by atoms with Crippen LogP contribution in [0, 0.1) is 5.92 Å². The highest BCUT2D eigenvalue weighted by Gasteiger charge is 2.13. The zero-order valence-corrected chi connectivity index (χ0v) is 14.3. The Hall–Kier alpha value is -0.440. The van der Waals surface area contributed by atoms with Gasteiger partial charge in [0.2, 0.25) is 0 Å². The molecule has 0 aromatic heterocycles. The lowest BCUT2D eigenvalue weighted by molar-refractivity contribution is 0.238. The minimum absolute atomic E-state index is 0.402. The summed E-state index contributed by atoms with van der Waals surface area (Å²) in [4.78, 5) is 0. The molecule has 0 saturated heterocycles. The number of rotatable bonds is 8. The Labute approximate surface area is 132 Å². The molecule has 0 bridgehead atoms. The summed E-state index contributed by atoms with van der Waals surface area (Å²) in [5, 5.41) is 4.61. The monoisotopic (exact) mass is 317 g/mol. The minimum atomic E-state index is 0.402. The molecule has 0 aliphatic carbocycles. The van der Waals surface area contributed by atoms with Crippen LogP contribution >= 0.6 is 23.2 Å². The molecule has 0 amide bonds. The maximum absolute atomic E-state index is 6.28. The maximum Gasteiger partial charge on any atom is 0.142 e. The number of hydrogen-bond acceptors (Lipinski definition) is 2. The molecule has 1 rings (SSSR count). The highest BCUT2D eigenvalue weighted by Crippen LogP contribution is 2.33. The number of nitrogens with one attached hydrogen (secondary N) is 1. The van der Waals surface area contributed by atoms with E-state index in [0.29, 0.717) is 35.2 Å². The van der Waals surface area contributed by atoms with Gasteiger partial charge < -0.3 is 10.1 Å². The highest BCUT2D eigenvalue weighted by atomic mass is 35.5. The number of halogens is 2. The van der Waals surface area contributed by atoms with Crippen LogP contribution in [0.4, 0.5) is 0 Å². The minimum Gasteiger partial charge on any atom is -0.491 e. The number of ether oxygens (including phenoxy) is 1. The van der Waals surface area contributed by atoms with Crippen molar-refractivity contribution in [1.29, 1.82) is 0 Å². The van der Waals surface area contributed by atoms with Crippen molar-refractivity contribution < 1.29 is 4.74 Å². The van der Waals surface area contributed by atoms with E-state index in [4.69, 9.17) is 27.9 Å². The third-order valence-corrected chi connectivity index (χ3v) is 3.90. The van der Waals surface area contributed by atoms with E-state index in [1.165, 1.54) is 0 Å². The average molecular weight is 318 g/mol. The van der Waals surface area contributed by atoms with Crippen molar-refractivity contribution in [3.05, 3.63) is 27.7 Å². The highest BCUT2D eigenvalue weighted by molar-refractivity contribution is 6.35. The summed E-state index contributed by atoms with van der Waals surface area (Å²) in [5.41, 5.74) is 1.02. The molecule has 4 heteroatoms. The zero-order valence-electron chi connectivity index (χ0n) is 12.8. The molecular formula is C16H25Cl2NO. The Balaban J connectivity index is 2.85. The van der Waals surface area contributed by atoms with Crippen LogP contribution in [0.5, 0.6) is 5.75 Å². The first-order valence-corrected chi connectivity index (χ1v) is 8.07. The van der Waals surface area contributed by atoms with Gasteiger partial charge in [-0.15, -0.1) is 0 Å². The van der Waals surface area contributed by atoms with Crippen molar-refractivity contribution in [3.8, 4) is 5.75 Å². The van der Waals surface area contributed by atoms with E-state index in [1.54, 1.807) is 6.07 Å². The van der Waals surface area contributed by atoms with E-state index < -0.39 is 0 Å². The quantitative estimate of drug-likeness (QED) is 0.701. The van der Waals surface area contributed by atoms with Gasteiger partial charge in [0.1, 0.15) is 5.75 Å². The van der Waals surface area contributed by atoms with Crippen molar-refractivity contribution in [3.63, 3.8) is 0 Å². The first-order chi connectivity index (χ1) is 9.47. The zero-order chi connectivity index (χ0) is 15.1. The van der Waals surface area contributed by atoms with Gasteiger partial charge in [-0.25, -0.2) is 0 Å². The van der Waals surface area contributed by atoms with Gasteiger partial charge in [0.15, 0.2) is 0 Å². The molecule has 1 N–H and O–H groups in total. The summed E-state index contributed by atoms with van der Waals surface area (Å²) in [6.07, 6.45) is 2.22. The van der Waals surface area contributed by atoms with Gasteiger partial charge in [-0.1, -0.05) is 63.7 Å². The van der Waals surface area contributed by atoms with Gasteiger partial charge in [0.05, 0.1) is 11.6 Å². The van der Waals surface area contributed by atoms with Crippen LogP contribution in [0.15, 0.2) is 12.1 Å². The smallest absolute Gasteiger partial charge is 0.142 e. The van der Waals surface area contributed by atoms with Crippen LogP contribution in [-0.4, -0.2) is 12.6 Å². The predicted octanol–water partition coefficient (Wildman–Crippen LogP) is 5.31. The SMILES string of the molecule is CCC(CC)COc1c(Cl)cc(Cl)cc1CNC(C)C. The van der Waals surface area contributed by atoms with Crippen LogP contribution in [0.1, 0.15) is 46.1 Å². The summed E-state index contributed by atoms with van der Waals surface area (Å²) in [7, 11) is 0. The molecule has 0 spiro atoms. The molecule has 0 heterocycles. The van der Waals surface area contributed by atoms with Crippen LogP contribution in [0.25, 0.3) is 0 Å². The Morgan fingerprint density at radius 2 is 1.80 bits per heavy atom. The normalized spacial score (nSPS) is 11.4. The Bertz CT molecular complexity index is 417. The fourth-order valence-corrected chi connectivity index (χ4v) is 2.54. The van der Waals surface area contributed by atoms with Gasteiger partial charge in [0, 0.05) is 23.2 Å². The topological polar surface area (TPSA) is 21.3 Å². The summed E-state index contributed by atoms with van der Waals surface area (Å²) in [5.74, 6) is 1.32. The standard InChI is InChI=1S/C16H25Cl2NO/c1-5-12(6-2)10-20-16-13(9-19-11(3)4)7-14(17)8-15(16)18/h7-8,11-12,19H,5-6,9-10H2,1-4H3. The molecule has 0 aliphatic rings. The molecule has 1 aromatic rings. The first-order valence-electron chi connectivity index (χ1n) is 7.31. The van der Waals surface area contributed by atoms with E-state index in [-0.39, 0.29) is 0 Å². The van der Waals surface area contributed by atoms with Gasteiger partial charge in [-0.3, -0.25) is 0 Å². The van der Waals surface area contributed by atoms with Gasteiger partial charge in [-0.2, -0.15) is 0 Å². The third-order valence-electron chi connectivity index (χ3n) is 3.40. The molecule has 1 aromatic carbocycles. The lowest BCUT2D eigenvalue weighted by Crippen LogP contribution is -2.22. The average Bonchev–Trinajstić information content (AvgIpc) is 2.39. The van der Waals surface area contributed by atoms with Crippen LogP contribution < -0.4 is 10.1 Å². The van der Waals surface area contributed by atoms with Crippen molar-refractivity contribution in [2.45, 2.75) is 53.1 Å². The molecule has 0 unspecified atom stereocenters. The molecule has 0 aliphatic heterocycles. The molecular weight excluding hydrogens is 293 g/mol. The number of benzene rings is 1. The van der Waals surface area contributed by atoms with Crippen LogP contribution in [0.3, 0.4) is 0 Å². The number of hydrogen-bond donors (Lipinski definition) is 1. The van der Waals surface area contributed by atoms with Crippen molar-refractivity contribution in [2.24, 2.45) is 5.92 Å². The molecule has 0 radical (unpaired) electrons. The summed E-state index contributed by atoms with van der Waals surface area (Å²) in [6, 6.07) is 4.06.